The highest BCUT2D eigenvalue weighted by atomic mass is 16.4. The molecule has 1 aliphatic heterocycles. The minimum absolute atomic E-state index is 0.274. The molecule has 0 aromatic heterocycles. The number of carboxylic acid groups (broad SMARTS) is 1. The van der Waals surface area contributed by atoms with Gasteiger partial charge in [0.25, 0.3) is 0 Å². The predicted octanol–water partition coefficient (Wildman–Crippen LogP) is -0.756. The molecule has 0 radical (unpaired) electrons. The van der Waals surface area contributed by atoms with Gasteiger partial charge in [0.1, 0.15) is 6.04 Å². The molecular formula is C9H18N2O3. The van der Waals surface area contributed by atoms with Crippen LogP contribution in [-0.4, -0.2) is 52.9 Å². The average molecular weight is 202 g/mol. The molecule has 0 saturated carbocycles. The van der Waals surface area contributed by atoms with Crippen molar-refractivity contribution in [2.45, 2.75) is 37.5 Å². The zero-order chi connectivity index (χ0) is 10.7. The van der Waals surface area contributed by atoms with E-state index in [0.717, 1.165) is 19.4 Å². The highest BCUT2D eigenvalue weighted by molar-refractivity contribution is 5.73. The first kappa shape index (κ1) is 11.4. The number of carbonyl (C=O) groups is 1. The second kappa shape index (κ2) is 4.72. The number of aliphatic hydroxyl groups is 1. The molecule has 1 rings (SSSR count). The maximum atomic E-state index is 10.5. The molecule has 0 aromatic carbocycles. The van der Waals surface area contributed by atoms with Crippen LogP contribution in [0.2, 0.25) is 0 Å². The summed E-state index contributed by atoms with van der Waals surface area (Å²) in [5.41, 5.74) is 5.32. The van der Waals surface area contributed by atoms with E-state index in [-0.39, 0.29) is 6.04 Å². The van der Waals surface area contributed by atoms with Crippen LogP contribution in [0.25, 0.3) is 0 Å². The second-order valence-corrected chi connectivity index (χ2v) is 3.94. The number of aliphatic hydroxyl groups excluding tert-OH is 1. The van der Waals surface area contributed by atoms with Gasteiger partial charge in [0.2, 0.25) is 0 Å². The number of hydrogen-bond acceptors (Lipinski definition) is 4. The van der Waals surface area contributed by atoms with Crippen molar-refractivity contribution in [1.82, 2.24) is 4.90 Å². The summed E-state index contributed by atoms with van der Waals surface area (Å²) >= 11 is 0. The standard InChI is InChI=1S/C9H18N2O3/c1-11-4-2-3-6(11)5-7(12)8(10)9(13)14/h6-8,12H,2-5,10H2,1H3,(H,13,14). The molecule has 0 aromatic rings. The number of rotatable bonds is 4. The lowest BCUT2D eigenvalue weighted by Crippen LogP contribution is -2.44. The number of nitrogens with two attached hydrogens (primary N) is 1. The molecule has 0 aliphatic carbocycles. The Hall–Kier alpha value is -0.650. The fourth-order valence-corrected chi connectivity index (χ4v) is 1.87. The normalized spacial score (nSPS) is 27.5. The van der Waals surface area contributed by atoms with Crippen molar-refractivity contribution in [2.75, 3.05) is 13.6 Å². The van der Waals surface area contributed by atoms with E-state index < -0.39 is 18.1 Å². The van der Waals surface area contributed by atoms with Crippen molar-refractivity contribution < 1.29 is 15.0 Å². The summed E-state index contributed by atoms with van der Waals surface area (Å²) in [6.07, 6.45) is 1.62. The van der Waals surface area contributed by atoms with Gasteiger partial charge < -0.3 is 20.8 Å². The van der Waals surface area contributed by atoms with E-state index in [1.54, 1.807) is 0 Å². The number of nitrogens with zero attached hydrogens (tertiary/aromatic N) is 1. The van der Waals surface area contributed by atoms with Gasteiger partial charge in [-0.05, 0) is 32.9 Å². The first-order chi connectivity index (χ1) is 6.52. The smallest absolute Gasteiger partial charge is 0.323 e. The van der Waals surface area contributed by atoms with Crippen LogP contribution in [0.15, 0.2) is 0 Å². The van der Waals surface area contributed by atoms with Crippen molar-refractivity contribution in [1.29, 1.82) is 0 Å². The minimum atomic E-state index is -1.16. The van der Waals surface area contributed by atoms with Crippen molar-refractivity contribution >= 4 is 5.97 Å². The Morgan fingerprint density at radius 2 is 2.36 bits per heavy atom. The minimum Gasteiger partial charge on any atom is -0.480 e. The maximum Gasteiger partial charge on any atom is 0.323 e. The van der Waals surface area contributed by atoms with E-state index in [9.17, 15) is 9.90 Å². The Bertz CT molecular complexity index is 210. The molecule has 3 unspecified atom stereocenters. The third kappa shape index (κ3) is 2.67. The molecule has 1 aliphatic rings. The van der Waals surface area contributed by atoms with Gasteiger partial charge in [-0.3, -0.25) is 4.79 Å². The van der Waals surface area contributed by atoms with Gasteiger partial charge in [-0.1, -0.05) is 0 Å². The van der Waals surface area contributed by atoms with Gasteiger partial charge in [0.15, 0.2) is 0 Å². The van der Waals surface area contributed by atoms with E-state index in [1.807, 2.05) is 7.05 Å². The van der Waals surface area contributed by atoms with E-state index >= 15 is 0 Å². The Morgan fingerprint density at radius 1 is 1.71 bits per heavy atom. The first-order valence-corrected chi connectivity index (χ1v) is 4.89. The summed E-state index contributed by atoms with van der Waals surface area (Å²) < 4.78 is 0. The molecule has 1 fully saturated rings. The monoisotopic (exact) mass is 202 g/mol. The van der Waals surface area contributed by atoms with Crippen LogP contribution < -0.4 is 5.73 Å². The van der Waals surface area contributed by atoms with Crippen LogP contribution in [0.4, 0.5) is 0 Å². The Balaban J connectivity index is 2.39. The molecular weight excluding hydrogens is 184 g/mol. The number of carboxylic acids is 1. The zero-order valence-corrected chi connectivity index (χ0v) is 8.39. The molecule has 5 heteroatoms. The maximum absolute atomic E-state index is 10.5. The Labute approximate surface area is 83.5 Å². The first-order valence-electron chi connectivity index (χ1n) is 4.89. The summed E-state index contributed by atoms with van der Waals surface area (Å²) in [5, 5.41) is 18.1. The molecule has 0 bridgehead atoms. The van der Waals surface area contributed by atoms with Crippen molar-refractivity contribution in [2.24, 2.45) is 5.73 Å². The SMILES string of the molecule is CN1CCCC1CC(O)C(N)C(=O)O. The summed E-state index contributed by atoms with van der Waals surface area (Å²) in [5.74, 6) is -1.14. The third-order valence-corrected chi connectivity index (χ3v) is 2.88. The molecule has 1 heterocycles. The number of aliphatic carboxylic acids is 1. The van der Waals surface area contributed by atoms with Gasteiger partial charge in [0, 0.05) is 6.04 Å². The summed E-state index contributed by atoms with van der Waals surface area (Å²) in [7, 11) is 1.98. The Morgan fingerprint density at radius 3 is 2.79 bits per heavy atom. The summed E-state index contributed by atoms with van der Waals surface area (Å²) in [4.78, 5) is 12.6. The highest BCUT2D eigenvalue weighted by Gasteiger charge is 2.28. The highest BCUT2D eigenvalue weighted by Crippen LogP contribution is 2.19. The van der Waals surface area contributed by atoms with Crippen LogP contribution in [0.3, 0.4) is 0 Å². The van der Waals surface area contributed by atoms with Crippen LogP contribution in [0, 0.1) is 0 Å². The zero-order valence-electron chi connectivity index (χ0n) is 8.39. The average Bonchev–Trinajstić information content (AvgIpc) is 2.50. The fraction of sp³-hybridized carbons (Fsp3) is 0.889. The van der Waals surface area contributed by atoms with E-state index in [4.69, 9.17) is 10.8 Å². The van der Waals surface area contributed by atoms with Gasteiger partial charge in [0.05, 0.1) is 6.10 Å². The molecule has 0 spiro atoms. The lowest BCUT2D eigenvalue weighted by Gasteiger charge is -2.23. The van der Waals surface area contributed by atoms with Crippen molar-refractivity contribution in [3.05, 3.63) is 0 Å². The summed E-state index contributed by atoms with van der Waals surface area (Å²) in [6.45, 7) is 1.01. The van der Waals surface area contributed by atoms with E-state index in [0.29, 0.717) is 6.42 Å². The lowest BCUT2D eigenvalue weighted by molar-refractivity contribution is -0.141. The second-order valence-electron chi connectivity index (χ2n) is 3.94. The van der Waals surface area contributed by atoms with Gasteiger partial charge >= 0.3 is 5.97 Å². The summed E-state index contributed by atoms with van der Waals surface area (Å²) in [6, 6.07) is -0.889. The van der Waals surface area contributed by atoms with Crippen molar-refractivity contribution in [3.63, 3.8) is 0 Å². The fourth-order valence-electron chi connectivity index (χ4n) is 1.87. The number of hydrogen-bond donors (Lipinski definition) is 3. The lowest BCUT2D eigenvalue weighted by atomic mass is 10.0. The van der Waals surface area contributed by atoms with Crippen LogP contribution in [0.1, 0.15) is 19.3 Å². The molecule has 82 valence electrons. The van der Waals surface area contributed by atoms with Gasteiger partial charge in [-0.15, -0.1) is 0 Å². The van der Waals surface area contributed by atoms with Gasteiger partial charge in [-0.2, -0.15) is 0 Å². The van der Waals surface area contributed by atoms with Gasteiger partial charge in [-0.25, -0.2) is 0 Å². The van der Waals surface area contributed by atoms with Crippen molar-refractivity contribution in [3.8, 4) is 0 Å². The van der Waals surface area contributed by atoms with E-state index in [2.05, 4.69) is 4.90 Å². The molecule has 0 amide bonds. The third-order valence-electron chi connectivity index (χ3n) is 2.88. The number of likely N-dealkylation sites (tertiary alicyclic amines) is 1. The Kier molecular flexibility index (Phi) is 3.86. The largest absolute Gasteiger partial charge is 0.480 e. The molecule has 14 heavy (non-hydrogen) atoms. The van der Waals surface area contributed by atoms with Crippen LogP contribution in [0.5, 0.6) is 0 Å². The molecule has 5 nitrogen and oxygen atoms in total. The van der Waals surface area contributed by atoms with E-state index in [1.165, 1.54) is 0 Å². The van der Waals surface area contributed by atoms with Crippen LogP contribution >= 0.6 is 0 Å². The topological polar surface area (TPSA) is 86.8 Å². The molecule has 3 atom stereocenters. The predicted molar refractivity (Wildman–Crippen MR) is 51.9 cm³/mol. The quantitative estimate of drug-likeness (QED) is 0.558. The molecule has 1 saturated heterocycles. The van der Waals surface area contributed by atoms with Crippen LogP contribution in [-0.2, 0) is 4.79 Å². The molecule has 4 N–H and O–H groups in total.